The third kappa shape index (κ3) is 2.29. The SMILES string of the molecule is Fc1cccc(-n2nc(C3CCCCC3)c3c2CCC3)c1. The van der Waals surface area contributed by atoms with Crippen LogP contribution in [0.1, 0.15) is 61.4 Å². The van der Waals surface area contributed by atoms with Crippen molar-refractivity contribution >= 4 is 0 Å². The van der Waals surface area contributed by atoms with Crippen molar-refractivity contribution in [1.82, 2.24) is 9.78 Å². The average Bonchev–Trinajstić information content (AvgIpc) is 3.10. The maximum atomic E-state index is 13.5. The van der Waals surface area contributed by atoms with Gasteiger partial charge in [0.15, 0.2) is 0 Å². The van der Waals surface area contributed by atoms with Crippen molar-refractivity contribution in [3.63, 3.8) is 0 Å². The number of benzene rings is 1. The van der Waals surface area contributed by atoms with Gasteiger partial charge < -0.3 is 0 Å². The number of aromatic nitrogens is 2. The number of hydrogen-bond acceptors (Lipinski definition) is 1. The van der Waals surface area contributed by atoms with Crippen LogP contribution in [0.15, 0.2) is 24.3 Å². The van der Waals surface area contributed by atoms with Crippen LogP contribution in [-0.2, 0) is 12.8 Å². The zero-order valence-corrected chi connectivity index (χ0v) is 12.3. The van der Waals surface area contributed by atoms with Crippen molar-refractivity contribution in [3.8, 4) is 5.69 Å². The van der Waals surface area contributed by atoms with Gasteiger partial charge in [-0.2, -0.15) is 5.10 Å². The Morgan fingerprint density at radius 2 is 1.90 bits per heavy atom. The van der Waals surface area contributed by atoms with Crippen molar-refractivity contribution in [3.05, 3.63) is 47.0 Å². The number of fused-ring (bicyclic) bond motifs is 1. The molecule has 3 heteroatoms. The van der Waals surface area contributed by atoms with Gasteiger partial charge in [-0.1, -0.05) is 25.3 Å². The Hall–Kier alpha value is -1.64. The van der Waals surface area contributed by atoms with E-state index in [9.17, 15) is 4.39 Å². The van der Waals surface area contributed by atoms with Gasteiger partial charge in [0.1, 0.15) is 5.82 Å². The first-order chi connectivity index (χ1) is 10.3. The van der Waals surface area contributed by atoms with Crippen molar-refractivity contribution in [2.24, 2.45) is 0 Å². The minimum absolute atomic E-state index is 0.186. The lowest BCUT2D eigenvalue weighted by Gasteiger charge is -2.20. The van der Waals surface area contributed by atoms with Crippen LogP contribution in [0, 0.1) is 5.82 Å². The Bertz CT molecular complexity index is 653. The fraction of sp³-hybridized carbons (Fsp3) is 0.500. The number of halogens is 1. The number of rotatable bonds is 2. The largest absolute Gasteiger partial charge is 0.237 e. The third-order valence-electron chi connectivity index (χ3n) is 5.01. The van der Waals surface area contributed by atoms with Crippen LogP contribution >= 0.6 is 0 Å². The maximum Gasteiger partial charge on any atom is 0.125 e. The van der Waals surface area contributed by atoms with Gasteiger partial charge in [-0.15, -0.1) is 0 Å². The molecule has 0 atom stereocenters. The molecule has 0 N–H and O–H groups in total. The summed E-state index contributed by atoms with van der Waals surface area (Å²) in [7, 11) is 0. The minimum Gasteiger partial charge on any atom is -0.237 e. The fourth-order valence-electron chi connectivity index (χ4n) is 3.99. The molecule has 0 spiro atoms. The lowest BCUT2D eigenvalue weighted by Crippen LogP contribution is -2.08. The molecule has 2 aliphatic carbocycles. The topological polar surface area (TPSA) is 17.8 Å². The van der Waals surface area contributed by atoms with Crippen LogP contribution in [0.2, 0.25) is 0 Å². The van der Waals surface area contributed by atoms with Crippen LogP contribution in [-0.4, -0.2) is 9.78 Å². The van der Waals surface area contributed by atoms with Gasteiger partial charge in [0.25, 0.3) is 0 Å². The van der Waals surface area contributed by atoms with E-state index in [1.165, 1.54) is 61.5 Å². The predicted molar refractivity (Wildman–Crippen MR) is 81.4 cm³/mol. The highest BCUT2D eigenvalue weighted by Crippen LogP contribution is 2.38. The van der Waals surface area contributed by atoms with Gasteiger partial charge in [-0.05, 0) is 55.9 Å². The van der Waals surface area contributed by atoms with E-state index in [0.717, 1.165) is 18.5 Å². The molecule has 1 heterocycles. The van der Waals surface area contributed by atoms with E-state index in [2.05, 4.69) is 0 Å². The van der Waals surface area contributed by atoms with E-state index in [0.29, 0.717) is 5.92 Å². The molecule has 1 saturated carbocycles. The molecule has 4 rings (SSSR count). The molecule has 0 bridgehead atoms. The highest BCUT2D eigenvalue weighted by atomic mass is 19.1. The van der Waals surface area contributed by atoms with E-state index < -0.39 is 0 Å². The molecule has 2 aromatic rings. The Morgan fingerprint density at radius 1 is 1.05 bits per heavy atom. The summed E-state index contributed by atoms with van der Waals surface area (Å²) in [5.74, 6) is 0.439. The van der Waals surface area contributed by atoms with E-state index in [1.54, 1.807) is 12.1 Å². The smallest absolute Gasteiger partial charge is 0.125 e. The lowest BCUT2D eigenvalue weighted by atomic mass is 9.85. The molecule has 0 radical (unpaired) electrons. The van der Waals surface area contributed by atoms with E-state index >= 15 is 0 Å². The molecule has 1 aromatic heterocycles. The molecule has 110 valence electrons. The van der Waals surface area contributed by atoms with Crippen molar-refractivity contribution < 1.29 is 4.39 Å². The molecule has 0 saturated heterocycles. The fourth-order valence-corrected chi connectivity index (χ4v) is 3.99. The molecule has 0 unspecified atom stereocenters. The highest BCUT2D eigenvalue weighted by molar-refractivity contribution is 5.41. The van der Waals surface area contributed by atoms with Crippen molar-refractivity contribution in [2.75, 3.05) is 0 Å². The lowest BCUT2D eigenvalue weighted by molar-refractivity contribution is 0.432. The van der Waals surface area contributed by atoms with Gasteiger partial charge >= 0.3 is 0 Å². The average molecular weight is 284 g/mol. The molecule has 1 aromatic carbocycles. The summed E-state index contributed by atoms with van der Waals surface area (Å²) in [6, 6.07) is 6.82. The number of nitrogens with zero attached hydrogens (tertiary/aromatic N) is 2. The summed E-state index contributed by atoms with van der Waals surface area (Å²) >= 11 is 0. The Kier molecular flexibility index (Phi) is 3.28. The first-order valence-electron chi connectivity index (χ1n) is 8.19. The molecular weight excluding hydrogens is 263 g/mol. The summed E-state index contributed by atoms with van der Waals surface area (Å²) in [5, 5.41) is 4.92. The van der Waals surface area contributed by atoms with Crippen molar-refractivity contribution in [2.45, 2.75) is 57.3 Å². The maximum absolute atomic E-state index is 13.5. The molecule has 0 amide bonds. The first kappa shape index (κ1) is 13.1. The quantitative estimate of drug-likeness (QED) is 0.791. The van der Waals surface area contributed by atoms with Crippen LogP contribution < -0.4 is 0 Å². The number of hydrogen-bond donors (Lipinski definition) is 0. The third-order valence-corrected chi connectivity index (χ3v) is 5.01. The van der Waals surface area contributed by atoms with Gasteiger partial charge in [0, 0.05) is 11.6 Å². The highest BCUT2D eigenvalue weighted by Gasteiger charge is 2.28. The summed E-state index contributed by atoms with van der Waals surface area (Å²) in [6.07, 6.45) is 9.99. The second-order valence-electron chi connectivity index (χ2n) is 6.39. The molecule has 2 nitrogen and oxygen atoms in total. The summed E-state index contributed by atoms with van der Waals surface area (Å²) in [6.45, 7) is 0. The van der Waals surface area contributed by atoms with Crippen LogP contribution in [0.4, 0.5) is 4.39 Å². The molecule has 21 heavy (non-hydrogen) atoms. The van der Waals surface area contributed by atoms with Crippen LogP contribution in [0.5, 0.6) is 0 Å². The van der Waals surface area contributed by atoms with E-state index in [-0.39, 0.29) is 5.82 Å². The van der Waals surface area contributed by atoms with E-state index in [1.807, 2.05) is 10.7 Å². The summed E-state index contributed by atoms with van der Waals surface area (Å²) < 4.78 is 15.5. The normalized spacial score (nSPS) is 18.9. The molecule has 2 aliphatic rings. The minimum atomic E-state index is -0.186. The van der Waals surface area contributed by atoms with Crippen LogP contribution in [0.25, 0.3) is 5.69 Å². The van der Waals surface area contributed by atoms with E-state index in [4.69, 9.17) is 5.10 Å². The summed E-state index contributed by atoms with van der Waals surface area (Å²) in [5.41, 5.74) is 4.97. The molecule has 1 fully saturated rings. The van der Waals surface area contributed by atoms with Crippen LogP contribution in [0.3, 0.4) is 0 Å². The first-order valence-corrected chi connectivity index (χ1v) is 8.19. The standard InChI is InChI=1S/C18H21FN2/c19-14-8-4-9-15(12-14)21-17-11-5-10-16(17)18(20-21)13-6-2-1-3-7-13/h4,8-9,12-13H,1-3,5-7,10-11H2. The van der Waals surface area contributed by atoms with Crippen molar-refractivity contribution in [1.29, 1.82) is 0 Å². The predicted octanol–water partition coefficient (Wildman–Crippen LogP) is 4.55. The Balaban J connectivity index is 1.78. The van der Waals surface area contributed by atoms with Gasteiger partial charge in [0.2, 0.25) is 0 Å². The van der Waals surface area contributed by atoms with Gasteiger partial charge in [-0.3, -0.25) is 0 Å². The monoisotopic (exact) mass is 284 g/mol. The molecule has 0 aliphatic heterocycles. The van der Waals surface area contributed by atoms with Gasteiger partial charge in [-0.25, -0.2) is 9.07 Å². The second-order valence-corrected chi connectivity index (χ2v) is 6.39. The Morgan fingerprint density at radius 3 is 2.71 bits per heavy atom. The summed E-state index contributed by atoms with van der Waals surface area (Å²) in [4.78, 5) is 0. The zero-order valence-electron chi connectivity index (χ0n) is 12.3. The zero-order chi connectivity index (χ0) is 14.2. The second kappa shape index (κ2) is 5.28. The molecular formula is C18H21FN2. The van der Waals surface area contributed by atoms with Gasteiger partial charge in [0.05, 0.1) is 11.4 Å². The Labute approximate surface area is 125 Å².